The molecule has 0 unspecified atom stereocenters. The van der Waals surface area contributed by atoms with Gasteiger partial charge in [0.2, 0.25) is 5.13 Å². The van der Waals surface area contributed by atoms with Gasteiger partial charge in [-0.1, -0.05) is 41.5 Å². The highest BCUT2D eigenvalue weighted by atomic mass is 35.5. The molecule has 3 aromatic rings. The first-order valence-corrected chi connectivity index (χ1v) is 11.4. The van der Waals surface area contributed by atoms with E-state index in [9.17, 15) is 4.79 Å². The molecule has 1 atom stereocenters. The Balaban J connectivity index is 1.80. The van der Waals surface area contributed by atoms with Gasteiger partial charge in [-0.3, -0.25) is 10.2 Å². The molecule has 0 bridgehead atoms. The number of hydrogen-bond acceptors (Lipinski definition) is 6. The molecule has 0 radical (unpaired) electrons. The number of halogens is 2. The Morgan fingerprint density at radius 3 is 2.71 bits per heavy atom. The fourth-order valence-electron chi connectivity index (χ4n) is 2.89. The summed E-state index contributed by atoms with van der Waals surface area (Å²) in [5.74, 6) is 0.126. The first kappa shape index (κ1) is 23.3. The number of hydrazone groups is 1. The Labute approximate surface area is 195 Å². The van der Waals surface area contributed by atoms with E-state index in [1.165, 1.54) is 11.3 Å². The molecule has 6 nitrogen and oxygen atoms in total. The summed E-state index contributed by atoms with van der Waals surface area (Å²) in [7, 11) is 0. The lowest BCUT2D eigenvalue weighted by molar-refractivity contribution is -0.122. The van der Waals surface area contributed by atoms with E-state index in [0.717, 1.165) is 39.2 Å². The molecule has 1 amide bonds. The molecule has 0 fully saturated rings. The molecule has 0 saturated carbocycles. The number of anilines is 2. The second kappa shape index (κ2) is 9.85. The molecule has 0 spiro atoms. The Kier molecular flexibility index (Phi) is 7.41. The van der Waals surface area contributed by atoms with E-state index >= 15 is 0 Å². The molecule has 0 aliphatic carbocycles. The number of carbonyl (C=O) groups is 1. The topological polar surface area (TPSA) is 75.6 Å². The van der Waals surface area contributed by atoms with Gasteiger partial charge in [0.05, 0.1) is 15.2 Å². The van der Waals surface area contributed by atoms with Crippen LogP contribution in [-0.2, 0) is 4.79 Å². The summed E-state index contributed by atoms with van der Waals surface area (Å²) < 4.78 is 6.72. The average Bonchev–Trinajstić information content (AvgIpc) is 3.14. The standard InChI is InChI=1S/C22H24Cl2N4O2S/c1-6-12(3)27-28-22-25-17-9-11(2)19(13(4)20(17)31-22)26-21(29)14(5)30-18-8-7-15(23)10-16(18)24/h7-10,14H,6H2,1-5H3,(H,25,28)(H,26,29)/b27-12-/t14-/m0/s1. The Morgan fingerprint density at radius 2 is 2.03 bits per heavy atom. The van der Waals surface area contributed by atoms with Crippen molar-refractivity contribution in [3.05, 3.63) is 45.4 Å². The van der Waals surface area contributed by atoms with E-state index in [0.29, 0.717) is 20.9 Å². The lowest BCUT2D eigenvalue weighted by atomic mass is 10.1. The monoisotopic (exact) mass is 478 g/mol. The summed E-state index contributed by atoms with van der Waals surface area (Å²) in [5, 5.41) is 8.87. The van der Waals surface area contributed by atoms with Crippen LogP contribution >= 0.6 is 34.5 Å². The van der Waals surface area contributed by atoms with Gasteiger partial charge in [-0.2, -0.15) is 5.10 Å². The van der Waals surface area contributed by atoms with Crippen LogP contribution in [0.3, 0.4) is 0 Å². The number of ether oxygens (including phenoxy) is 1. The number of nitrogens with zero attached hydrogens (tertiary/aromatic N) is 2. The van der Waals surface area contributed by atoms with Crippen molar-refractivity contribution in [2.75, 3.05) is 10.7 Å². The van der Waals surface area contributed by atoms with E-state index in [4.69, 9.17) is 27.9 Å². The van der Waals surface area contributed by atoms with Crippen LogP contribution in [0, 0.1) is 13.8 Å². The number of carbonyl (C=O) groups excluding carboxylic acids is 1. The largest absolute Gasteiger partial charge is 0.479 e. The number of benzene rings is 2. The smallest absolute Gasteiger partial charge is 0.265 e. The molecule has 0 aliphatic rings. The molecule has 0 saturated heterocycles. The minimum Gasteiger partial charge on any atom is -0.479 e. The maximum Gasteiger partial charge on any atom is 0.265 e. The minimum absolute atomic E-state index is 0.275. The predicted molar refractivity (Wildman–Crippen MR) is 131 cm³/mol. The second-order valence-electron chi connectivity index (χ2n) is 7.20. The third kappa shape index (κ3) is 5.47. The van der Waals surface area contributed by atoms with Gasteiger partial charge >= 0.3 is 0 Å². The lowest BCUT2D eigenvalue weighted by Gasteiger charge is -2.18. The number of hydrogen-bond donors (Lipinski definition) is 2. The maximum atomic E-state index is 12.8. The van der Waals surface area contributed by atoms with Crippen molar-refractivity contribution < 1.29 is 9.53 Å². The van der Waals surface area contributed by atoms with Crippen molar-refractivity contribution in [1.82, 2.24) is 4.98 Å². The molecule has 1 heterocycles. The third-order valence-electron chi connectivity index (χ3n) is 4.79. The highest BCUT2D eigenvalue weighted by Crippen LogP contribution is 2.35. The average molecular weight is 479 g/mol. The zero-order chi connectivity index (χ0) is 22.7. The summed E-state index contributed by atoms with van der Waals surface area (Å²) >= 11 is 13.6. The van der Waals surface area contributed by atoms with Gasteiger partial charge in [-0.15, -0.1) is 0 Å². The normalized spacial score (nSPS) is 12.7. The lowest BCUT2D eigenvalue weighted by Crippen LogP contribution is -2.30. The molecular weight excluding hydrogens is 455 g/mol. The molecule has 31 heavy (non-hydrogen) atoms. The summed E-state index contributed by atoms with van der Waals surface area (Å²) in [6.07, 6.45) is 0.117. The van der Waals surface area contributed by atoms with Gasteiger partial charge < -0.3 is 10.1 Å². The molecule has 3 rings (SSSR count). The number of aryl methyl sites for hydroxylation is 2. The number of nitrogens with one attached hydrogen (secondary N) is 2. The van der Waals surface area contributed by atoms with Crippen molar-refractivity contribution in [1.29, 1.82) is 0 Å². The molecular formula is C22H24Cl2N4O2S. The number of fused-ring (bicyclic) bond motifs is 1. The summed E-state index contributed by atoms with van der Waals surface area (Å²) in [6.45, 7) is 9.59. The van der Waals surface area contributed by atoms with E-state index < -0.39 is 6.10 Å². The van der Waals surface area contributed by atoms with Gasteiger partial charge in [-0.25, -0.2) is 4.98 Å². The van der Waals surface area contributed by atoms with Crippen molar-refractivity contribution >= 4 is 67.2 Å². The molecule has 0 aliphatic heterocycles. The van der Waals surface area contributed by atoms with E-state index in [-0.39, 0.29) is 5.91 Å². The Hall–Kier alpha value is -2.35. The Morgan fingerprint density at radius 1 is 1.29 bits per heavy atom. The number of rotatable bonds is 7. The van der Waals surface area contributed by atoms with Crippen LogP contribution in [0.2, 0.25) is 10.0 Å². The van der Waals surface area contributed by atoms with Crippen LogP contribution in [0.25, 0.3) is 10.2 Å². The SMILES string of the molecule is CC/C(C)=N\Nc1nc2cc(C)c(NC(=O)[C@H](C)Oc3ccc(Cl)cc3Cl)c(C)c2s1. The maximum absolute atomic E-state index is 12.8. The second-order valence-corrected chi connectivity index (χ2v) is 9.04. The molecule has 9 heteroatoms. The van der Waals surface area contributed by atoms with Crippen LogP contribution in [0.5, 0.6) is 5.75 Å². The zero-order valence-corrected chi connectivity index (χ0v) is 20.3. The van der Waals surface area contributed by atoms with Crippen LogP contribution < -0.4 is 15.5 Å². The third-order valence-corrected chi connectivity index (χ3v) is 6.41. The highest BCUT2D eigenvalue weighted by molar-refractivity contribution is 7.22. The van der Waals surface area contributed by atoms with Gasteiger partial charge in [0.25, 0.3) is 5.91 Å². The molecule has 2 aromatic carbocycles. The summed E-state index contributed by atoms with van der Waals surface area (Å²) in [4.78, 5) is 17.4. The van der Waals surface area contributed by atoms with Crippen LogP contribution in [-0.4, -0.2) is 22.7 Å². The first-order valence-electron chi connectivity index (χ1n) is 9.82. The van der Waals surface area contributed by atoms with Gasteiger partial charge in [-0.05, 0) is 69.5 Å². The van der Waals surface area contributed by atoms with E-state index in [1.54, 1.807) is 25.1 Å². The van der Waals surface area contributed by atoms with Crippen LogP contribution in [0.1, 0.15) is 38.3 Å². The fraction of sp³-hybridized carbons (Fsp3) is 0.318. The highest BCUT2D eigenvalue weighted by Gasteiger charge is 2.20. The Bertz CT molecular complexity index is 1160. The van der Waals surface area contributed by atoms with Crippen LogP contribution in [0.4, 0.5) is 10.8 Å². The predicted octanol–water partition coefficient (Wildman–Crippen LogP) is 6.82. The van der Waals surface area contributed by atoms with Crippen molar-refractivity contribution in [3.63, 3.8) is 0 Å². The zero-order valence-electron chi connectivity index (χ0n) is 18.0. The summed E-state index contributed by atoms with van der Waals surface area (Å²) in [5.41, 5.74) is 7.48. The van der Waals surface area contributed by atoms with Gasteiger partial charge in [0, 0.05) is 16.4 Å². The van der Waals surface area contributed by atoms with Gasteiger partial charge in [0.15, 0.2) is 6.10 Å². The first-order chi connectivity index (χ1) is 14.7. The van der Waals surface area contributed by atoms with Gasteiger partial charge in [0.1, 0.15) is 5.75 Å². The van der Waals surface area contributed by atoms with E-state index in [2.05, 4.69) is 20.8 Å². The number of amides is 1. The minimum atomic E-state index is -0.752. The van der Waals surface area contributed by atoms with Crippen molar-refractivity contribution in [2.24, 2.45) is 5.10 Å². The van der Waals surface area contributed by atoms with E-state index in [1.807, 2.05) is 33.8 Å². The van der Waals surface area contributed by atoms with Crippen molar-refractivity contribution in [2.45, 2.75) is 47.1 Å². The fourth-order valence-corrected chi connectivity index (χ4v) is 4.23. The molecule has 1 aromatic heterocycles. The van der Waals surface area contributed by atoms with Crippen LogP contribution in [0.15, 0.2) is 29.4 Å². The summed E-state index contributed by atoms with van der Waals surface area (Å²) in [6, 6.07) is 6.84. The number of aromatic nitrogens is 1. The van der Waals surface area contributed by atoms with Crippen molar-refractivity contribution in [3.8, 4) is 5.75 Å². The molecule has 2 N–H and O–H groups in total. The quantitative estimate of drug-likeness (QED) is 0.288. The molecule has 164 valence electrons. The number of thiazole rings is 1.